The van der Waals surface area contributed by atoms with Crippen LogP contribution in [0.1, 0.15) is 18.4 Å². The van der Waals surface area contributed by atoms with E-state index in [4.69, 9.17) is 11.1 Å². The highest BCUT2D eigenvalue weighted by atomic mass is 35.6. The summed E-state index contributed by atoms with van der Waals surface area (Å²) in [6.45, 7) is 4.52. The number of rotatable bonds is 2. The minimum atomic E-state index is -1.54. The fourth-order valence-corrected chi connectivity index (χ4v) is 5.17. The highest BCUT2D eigenvalue weighted by Gasteiger charge is 2.56. The predicted octanol–water partition coefficient (Wildman–Crippen LogP) is 3.70. The van der Waals surface area contributed by atoms with Crippen LogP contribution in [0.5, 0.6) is 0 Å². The Bertz CT molecular complexity index is 296. The normalized spacial score (nSPS) is 19.9. The molecule has 0 N–H and O–H groups in total. The van der Waals surface area contributed by atoms with Crippen molar-refractivity contribution < 1.29 is 0 Å². The van der Waals surface area contributed by atoms with E-state index in [1.807, 2.05) is 0 Å². The van der Waals surface area contributed by atoms with Crippen molar-refractivity contribution in [2.24, 2.45) is 0 Å². The van der Waals surface area contributed by atoms with Crippen molar-refractivity contribution in [3.05, 3.63) is 35.9 Å². The molecular formula is C11H15ClSi. The molecule has 0 aromatic heterocycles. The first-order chi connectivity index (χ1) is 6.06. The van der Waals surface area contributed by atoms with Gasteiger partial charge in [0, 0.05) is 5.04 Å². The van der Waals surface area contributed by atoms with Gasteiger partial charge in [-0.25, -0.2) is 0 Å². The SMILES string of the molecule is C[Si](C)(Cl)C1(c2ccccc2)CC1. The zero-order chi connectivity index (χ0) is 9.53. The smallest absolute Gasteiger partial charge is 0.160 e. The highest BCUT2D eigenvalue weighted by molar-refractivity contribution is 7.20. The molecule has 1 fully saturated rings. The predicted molar refractivity (Wildman–Crippen MR) is 60.7 cm³/mol. The van der Waals surface area contributed by atoms with Crippen LogP contribution >= 0.6 is 11.1 Å². The van der Waals surface area contributed by atoms with Gasteiger partial charge in [0.15, 0.2) is 7.38 Å². The lowest BCUT2D eigenvalue weighted by Gasteiger charge is -2.26. The molecule has 0 atom stereocenters. The van der Waals surface area contributed by atoms with Crippen molar-refractivity contribution in [1.82, 2.24) is 0 Å². The fourth-order valence-electron chi connectivity index (χ4n) is 2.11. The Morgan fingerprint density at radius 1 is 1.15 bits per heavy atom. The van der Waals surface area contributed by atoms with Crippen LogP contribution in [0.15, 0.2) is 30.3 Å². The molecule has 2 heteroatoms. The van der Waals surface area contributed by atoms with Crippen molar-refractivity contribution in [2.45, 2.75) is 31.0 Å². The quantitative estimate of drug-likeness (QED) is 0.516. The van der Waals surface area contributed by atoms with Crippen molar-refractivity contribution in [3.8, 4) is 0 Å². The summed E-state index contributed by atoms with van der Waals surface area (Å²) >= 11 is 6.56. The summed E-state index contributed by atoms with van der Waals surface area (Å²) in [7, 11) is -1.54. The Hall–Kier alpha value is -0.273. The van der Waals surface area contributed by atoms with Crippen LogP contribution < -0.4 is 0 Å². The molecule has 0 heterocycles. The number of benzene rings is 1. The van der Waals surface area contributed by atoms with Crippen LogP contribution in [-0.2, 0) is 5.04 Å². The minimum absolute atomic E-state index is 0.385. The van der Waals surface area contributed by atoms with Crippen LogP contribution in [0.4, 0.5) is 0 Å². The molecule has 0 unspecified atom stereocenters. The molecule has 1 aliphatic rings. The van der Waals surface area contributed by atoms with Gasteiger partial charge < -0.3 is 0 Å². The second-order valence-corrected chi connectivity index (χ2v) is 11.2. The number of halogens is 1. The Kier molecular flexibility index (Phi) is 2.04. The largest absolute Gasteiger partial charge is 0.167 e. The van der Waals surface area contributed by atoms with Crippen LogP contribution in [-0.4, -0.2) is 7.38 Å². The summed E-state index contributed by atoms with van der Waals surface area (Å²) < 4.78 is 0. The standard InChI is InChI=1S/C11H15ClSi/c1-13(2,12)11(8-9-11)10-6-4-3-5-7-10/h3-7H,8-9H2,1-2H3. The third kappa shape index (κ3) is 1.44. The first-order valence-corrected chi connectivity index (χ1v) is 8.82. The van der Waals surface area contributed by atoms with Gasteiger partial charge >= 0.3 is 0 Å². The molecule has 0 bridgehead atoms. The lowest BCUT2D eigenvalue weighted by Crippen LogP contribution is -2.35. The molecular weight excluding hydrogens is 196 g/mol. The van der Waals surface area contributed by atoms with Gasteiger partial charge in [-0.1, -0.05) is 43.4 Å². The van der Waals surface area contributed by atoms with E-state index in [2.05, 4.69) is 43.4 Å². The van der Waals surface area contributed by atoms with Gasteiger partial charge in [0.25, 0.3) is 0 Å². The summed E-state index contributed by atoms with van der Waals surface area (Å²) in [5.41, 5.74) is 1.46. The molecule has 0 radical (unpaired) electrons. The third-order valence-corrected chi connectivity index (χ3v) is 7.36. The van der Waals surface area contributed by atoms with E-state index in [1.165, 1.54) is 18.4 Å². The van der Waals surface area contributed by atoms with Crippen LogP contribution in [0.25, 0.3) is 0 Å². The maximum Gasteiger partial charge on any atom is 0.160 e. The Morgan fingerprint density at radius 3 is 2.08 bits per heavy atom. The Morgan fingerprint density at radius 2 is 1.69 bits per heavy atom. The number of hydrogen-bond acceptors (Lipinski definition) is 0. The molecule has 70 valence electrons. The van der Waals surface area contributed by atoms with Crippen molar-refractivity contribution in [1.29, 1.82) is 0 Å². The second kappa shape index (κ2) is 2.86. The van der Waals surface area contributed by atoms with Crippen LogP contribution in [0.2, 0.25) is 13.1 Å². The van der Waals surface area contributed by atoms with E-state index in [-0.39, 0.29) is 0 Å². The van der Waals surface area contributed by atoms with Gasteiger partial charge in [-0.15, -0.1) is 0 Å². The zero-order valence-corrected chi connectivity index (χ0v) is 9.93. The topological polar surface area (TPSA) is 0 Å². The van der Waals surface area contributed by atoms with Gasteiger partial charge in [0.05, 0.1) is 0 Å². The number of hydrogen-bond donors (Lipinski definition) is 0. The zero-order valence-electron chi connectivity index (χ0n) is 8.18. The lowest BCUT2D eigenvalue weighted by atomic mass is 10.1. The molecule has 1 aromatic rings. The maximum atomic E-state index is 6.56. The van der Waals surface area contributed by atoms with Gasteiger partial charge in [-0.05, 0) is 18.4 Å². The average molecular weight is 211 g/mol. The second-order valence-electron chi connectivity index (χ2n) is 4.42. The van der Waals surface area contributed by atoms with Crippen LogP contribution in [0.3, 0.4) is 0 Å². The lowest BCUT2D eigenvalue weighted by molar-refractivity contribution is 0.966. The first-order valence-electron chi connectivity index (χ1n) is 4.81. The van der Waals surface area contributed by atoms with E-state index in [0.717, 1.165) is 0 Å². The molecule has 0 nitrogen and oxygen atoms in total. The van der Waals surface area contributed by atoms with Crippen molar-refractivity contribution in [3.63, 3.8) is 0 Å². The van der Waals surface area contributed by atoms with E-state index in [0.29, 0.717) is 5.04 Å². The molecule has 1 saturated carbocycles. The summed E-state index contributed by atoms with van der Waals surface area (Å²) in [5.74, 6) is 0. The third-order valence-electron chi connectivity index (χ3n) is 3.21. The first kappa shape index (κ1) is 9.29. The van der Waals surface area contributed by atoms with Crippen molar-refractivity contribution in [2.75, 3.05) is 0 Å². The average Bonchev–Trinajstić information content (AvgIpc) is 2.84. The van der Waals surface area contributed by atoms with Gasteiger partial charge in [-0.3, -0.25) is 0 Å². The molecule has 13 heavy (non-hydrogen) atoms. The Labute approximate surface area is 85.6 Å². The maximum absolute atomic E-state index is 6.56. The van der Waals surface area contributed by atoms with E-state index in [9.17, 15) is 0 Å². The molecule has 0 amide bonds. The van der Waals surface area contributed by atoms with E-state index in [1.54, 1.807) is 0 Å². The van der Waals surface area contributed by atoms with Gasteiger partial charge in [0.2, 0.25) is 0 Å². The molecule has 0 spiro atoms. The monoisotopic (exact) mass is 210 g/mol. The molecule has 1 aliphatic carbocycles. The molecule has 0 saturated heterocycles. The minimum Gasteiger partial charge on any atom is -0.167 e. The summed E-state index contributed by atoms with van der Waals surface area (Å²) in [4.78, 5) is 0. The Balaban J connectivity index is 2.37. The molecule has 1 aromatic carbocycles. The molecule has 0 aliphatic heterocycles. The van der Waals surface area contributed by atoms with E-state index < -0.39 is 7.38 Å². The summed E-state index contributed by atoms with van der Waals surface area (Å²) in [5, 5.41) is 0.385. The van der Waals surface area contributed by atoms with Gasteiger partial charge in [0.1, 0.15) is 0 Å². The molecule has 2 rings (SSSR count). The van der Waals surface area contributed by atoms with Crippen LogP contribution in [0, 0.1) is 0 Å². The van der Waals surface area contributed by atoms with E-state index >= 15 is 0 Å². The van der Waals surface area contributed by atoms with Gasteiger partial charge in [-0.2, -0.15) is 11.1 Å². The fraction of sp³-hybridized carbons (Fsp3) is 0.455. The summed E-state index contributed by atoms with van der Waals surface area (Å²) in [6, 6.07) is 10.8. The van der Waals surface area contributed by atoms with Crippen molar-refractivity contribution >= 4 is 18.5 Å². The highest BCUT2D eigenvalue weighted by Crippen LogP contribution is 2.55. The summed E-state index contributed by atoms with van der Waals surface area (Å²) in [6.07, 6.45) is 2.58.